The Labute approximate surface area is 286 Å². The average molecular weight is 658 g/mol. The number of aromatic nitrogens is 2. The minimum atomic E-state index is -0.230. The minimum absolute atomic E-state index is 0.00987. The first-order valence-electron chi connectivity index (χ1n) is 17.7. The number of rotatable bonds is 7. The van der Waals surface area contributed by atoms with Crippen molar-refractivity contribution in [2.24, 2.45) is 5.92 Å². The first-order valence-corrected chi connectivity index (χ1v) is 17.7. The molecule has 0 spiro atoms. The summed E-state index contributed by atoms with van der Waals surface area (Å²) in [5.74, 6) is 0.123. The zero-order valence-corrected chi connectivity index (χ0v) is 27.8. The van der Waals surface area contributed by atoms with Crippen LogP contribution in [0, 0.1) is 5.92 Å². The van der Waals surface area contributed by atoms with E-state index in [4.69, 9.17) is 0 Å². The number of carbonyl (C=O) groups excluding carboxylic acids is 3. The van der Waals surface area contributed by atoms with E-state index in [1.54, 1.807) is 0 Å². The fourth-order valence-corrected chi connectivity index (χ4v) is 7.90. The van der Waals surface area contributed by atoms with Crippen LogP contribution in [-0.4, -0.2) is 84.9 Å². The largest absolute Gasteiger partial charge is 0.372 e. The number of imide groups is 1. The molecule has 2 aromatic heterocycles. The summed E-state index contributed by atoms with van der Waals surface area (Å²) in [6, 6.07) is 23.2. The maximum atomic E-state index is 12.3. The second-order valence-electron chi connectivity index (χ2n) is 13.9. The van der Waals surface area contributed by atoms with Crippen LogP contribution in [0.1, 0.15) is 53.2 Å². The van der Waals surface area contributed by atoms with E-state index in [0.29, 0.717) is 25.3 Å². The fourth-order valence-electron chi connectivity index (χ4n) is 7.90. The van der Waals surface area contributed by atoms with Crippen LogP contribution >= 0.6 is 0 Å². The molecule has 0 saturated carbocycles. The average Bonchev–Trinajstić information content (AvgIpc) is 3.59. The zero-order valence-electron chi connectivity index (χ0n) is 27.8. The minimum Gasteiger partial charge on any atom is -0.372 e. The predicted molar refractivity (Wildman–Crippen MR) is 191 cm³/mol. The van der Waals surface area contributed by atoms with Crippen LogP contribution in [0.5, 0.6) is 0 Å². The van der Waals surface area contributed by atoms with E-state index in [2.05, 4.69) is 89.9 Å². The molecule has 10 heteroatoms. The summed E-state index contributed by atoms with van der Waals surface area (Å²) in [6.45, 7) is 8.13. The van der Waals surface area contributed by atoms with Crippen molar-refractivity contribution in [3.05, 3.63) is 89.7 Å². The van der Waals surface area contributed by atoms with Gasteiger partial charge in [-0.05, 0) is 73.2 Å². The van der Waals surface area contributed by atoms with Gasteiger partial charge in [0.25, 0.3) is 5.91 Å². The number of hydrogen-bond acceptors (Lipinski definition) is 7. The second kappa shape index (κ2) is 13.5. The highest BCUT2D eigenvalue weighted by atomic mass is 16.2. The molecular formula is C39H43N7O3. The number of piperidine rings is 2. The molecule has 4 aliphatic rings. The Balaban J connectivity index is 0.808. The summed E-state index contributed by atoms with van der Waals surface area (Å²) >= 11 is 0. The first kappa shape index (κ1) is 31.3. The highest BCUT2D eigenvalue weighted by Crippen LogP contribution is 2.31. The molecule has 3 N–H and O–H groups in total. The molecule has 1 unspecified atom stereocenters. The van der Waals surface area contributed by atoms with Crippen LogP contribution in [0.15, 0.2) is 72.9 Å². The number of fused-ring (bicyclic) bond motifs is 1. The van der Waals surface area contributed by atoms with Gasteiger partial charge in [0, 0.05) is 105 Å². The van der Waals surface area contributed by atoms with Crippen molar-refractivity contribution in [3.63, 3.8) is 0 Å². The van der Waals surface area contributed by atoms with Crippen molar-refractivity contribution in [1.29, 1.82) is 0 Å². The summed E-state index contributed by atoms with van der Waals surface area (Å²) in [6.07, 6.45) is 6.03. The summed E-state index contributed by atoms with van der Waals surface area (Å²) in [7, 11) is 0. The number of carbonyl (C=O) groups is 3. The van der Waals surface area contributed by atoms with Gasteiger partial charge in [0.15, 0.2) is 0 Å². The third-order valence-corrected chi connectivity index (χ3v) is 10.8. The number of H-pyrrole nitrogens is 1. The molecule has 0 aliphatic carbocycles. The van der Waals surface area contributed by atoms with Crippen LogP contribution in [0.25, 0.3) is 22.5 Å². The van der Waals surface area contributed by atoms with Gasteiger partial charge < -0.3 is 20.1 Å². The van der Waals surface area contributed by atoms with Gasteiger partial charge in [-0.25, -0.2) is 0 Å². The van der Waals surface area contributed by atoms with E-state index >= 15 is 0 Å². The Bertz CT molecular complexity index is 1840. The lowest BCUT2D eigenvalue weighted by molar-refractivity contribution is -0.134. The number of benzene rings is 2. The van der Waals surface area contributed by atoms with Gasteiger partial charge in [0.05, 0.1) is 17.2 Å². The van der Waals surface area contributed by atoms with Crippen LogP contribution < -0.4 is 20.4 Å². The maximum Gasteiger partial charge on any atom is 0.253 e. The molecule has 4 aromatic rings. The van der Waals surface area contributed by atoms with Crippen molar-refractivity contribution < 1.29 is 14.4 Å². The van der Waals surface area contributed by atoms with Gasteiger partial charge in [0.1, 0.15) is 0 Å². The summed E-state index contributed by atoms with van der Waals surface area (Å²) < 4.78 is 0. The van der Waals surface area contributed by atoms with Gasteiger partial charge in [-0.2, -0.15) is 0 Å². The molecule has 0 bridgehead atoms. The molecule has 10 nitrogen and oxygen atoms in total. The Kier molecular flexibility index (Phi) is 8.63. The number of aromatic amines is 1. The topological polar surface area (TPSA) is 114 Å². The molecule has 3 fully saturated rings. The van der Waals surface area contributed by atoms with Crippen molar-refractivity contribution in [2.75, 3.05) is 62.2 Å². The molecule has 3 saturated heterocycles. The second-order valence-corrected chi connectivity index (χ2v) is 13.9. The summed E-state index contributed by atoms with van der Waals surface area (Å²) in [5.41, 5.74) is 9.16. The van der Waals surface area contributed by atoms with E-state index in [-0.39, 0.29) is 23.6 Å². The molecular weight excluding hydrogens is 614 g/mol. The lowest BCUT2D eigenvalue weighted by Gasteiger charge is -2.40. The van der Waals surface area contributed by atoms with E-state index < -0.39 is 0 Å². The number of nitrogens with one attached hydrogen (secondary N) is 3. The molecule has 6 heterocycles. The van der Waals surface area contributed by atoms with Gasteiger partial charge in [0.2, 0.25) is 11.8 Å². The van der Waals surface area contributed by atoms with E-state index in [1.165, 1.54) is 24.2 Å². The highest BCUT2D eigenvalue weighted by Gasteiger charge is 2.29. The van der Waals surface area contributed by atoms with E-state index in [0.717, 1.165) is 91.6 Å². The Morgan fingerprint density at radius 3 is 2.16 bits per heavy atom. The maximum absolute atomic E-state index is 12.3. The number of pyridine rings is 1. The Morgan fingerprint density at radius 2 is 1.45 bits per heavy atom. The zero-order chi connectivity index (χ0) is 33.3. The number of amides is 3. The lowest BCUT2D eigenvalue weighted by Crippen LogP contribution is -2.49. The van der Waals surface area contributed by atoms with Gasteiger partial charge in [-0.1, -0.05) is 24.3 Å². The summed E-state index contributed by atoms with van der Waals surface area (Å²) in [5, 5.41) is 5.39. The van der Waals surface area contributed by atoms with E-state index in [1.807, 2.05) is 18.3 Å². The van der Waals surface area contributed by atoms with Crippen LogP contribution in [0.2, 0.25) is 0 Å². The van der Waals surface area contributed by atoms with Crippen molar-refractivity contribution >= 4 is 29.1 Å². The van der Waals surface area contributed by atoms with Crippen molar-refractivity contribution in [2.45, 2.75) is 38.0 Å². The summed E-state index contributed by atoms with van der Waals surface area (Å²) in [4.78, 5) is 51.7. The standard InChI is InChI=1S/C39H43N7O3/c47-37-10-9-32(39(49)43-37)27-1-5-30(6-2-27)45-17-13-26(14-18-45)25-44-19-21-46(22-20-44)31-7-3-28(4-8-31)35-23-29(11-15-40-35)36-24-33-34(42-36)12-16-41-38(33)48/h1-8,11,15,23-24,26,32,42H,9-10,12-14,16-22,25H2,(H,41,48)(H,43,47,49). The molecule has 49 heavy (non-hydrogen) atoms. The number of nitrogens with zero attached hydrogens (tertiary/aromatic N) is 4. The van der Waals surface area contributed by atoms with Gasteiger partial charge in [-0.3, -0.25) is 29.6 Å². The highest BCUT2D eigenvalue weighted by molar-refractivity contribution is 6.01. The number of piperazine rings is 1. The number of anilines is 2. The third-order valence-electron chi connectivity index (χ3n) is 10.8. The molecule has 0 radical (unpaired) electrons. The molecule has 252 valence electrons. The normalized spacial score (nSPS) is 20.6. The lowest BCUT2D eigenvalue weighted by atomic mass is 9.90. The number of hydrogen-bond donors (Lipinski definition) is 3. The molecule has 4 aliphatic heterocycles. The molecule has 1 atom stereocenters. The predicted octanol–water partition coefficient (Wildman–Crippen LogP) is 4.59. The van der Waals surface area contributed by atoms with Gasteiger partial charge >= 0.3 is 0 Å². The molecule has 3 amide bonds. The SMILES string of the molecule is O=C1CCC(c2ccc(N3CCC(CN4CCN(c5ccc(-c6cc(-c7cc8c([nH]7)CCNC8=O)ccn6)cc5)CC4)CC3)cc2)C(=O)N1. The molecule has 2 aromatic carbocycles. The van der Waals surface area contributed by atoms with Gasteiger partial charge in [-0.15, -0.1) is 0 Å². The Hall–Kier alpha value is -4.96. The monoisotopic (exact) mass is 657 g/mol. The van der Waals surface area contributed by atoms with Crippen molar-refractivity contribution in [3.8, 4) is 22.5 Å². The van der Waals surface area contributed by atoms with E-state index in [9.17, 15) is 14.4 Å². The van der Waals surface area contributed by atoms with Crippen molar-refractivity contribution in [1.82, 2.24) is 25.5 Å². The third kappa shape index (κ3) is 6.70. The fraction of sp³-hybridized carbons (Fsp3) is 0.385. The first-order chi connectivity index (χ1) is 24.0. The quantitative estimate of drug-likeness (QED) is 0.249. The van der Waals surface area contributed by atoms with Crippen LogP contribution in [0.4, 0.5) is 11.4 Å². The molecule has 8 rings (SSSR count). The smallest absolute Gasteiger partial charge is 0.253 e. The van der Waals surface area contributed by atoms with Crippen LogP contribution in [-0.2, 0) is 16.0 Å². The van der Waals surface area contributed by atoms with Crippen LogP contribution in [0.3, 0.4) is 0 Å². The Morgan fingerprint density at radius 1 is 0.735 bits per heavy atom.